The van der Waals surface area contributed by atoms with Gasteiger partial charge in [0, 0.05) is 30.7 Å². The normalized spacial score (nSPS) is 10.4. The number of ether oxygens (including phenoxy) is 1. The zero-order valence-electron chi connectivity index (χ0n) is 12.3. The highest BCUT2D eigenvalue weighted by Gasteiger charge is 2.07. The van der Waals surface area contributed by atoms with Gasteiger partial charge < -0.3 is 10.1 Å². The first kappa shape index (κ1) is 15.4. The van der Waals surface area contributed by atoms with Gasteiger partial charge in [-0.05, 0) is 31.0 Å². The number of carbonyl (C=O) groups excluding carboxylic acids is 1. The number of esters is 1. The molecular formula is C15H19N3O2S. The lowest BCUT2D eigenvalue weighted by molar-refractivity contribution is -0.143. The summed E-state index contributed by atoms with van der Waals surface area (Å²) in [5, 5.41) is 6.11. The van der Waals surface area contributed by atoms with Crippen LogP contribution in [-0.2, 0) is 22.5 Å². The molecule has 0 saturated carbocycles. The van der Waals surface area contributed by atoms with E-state index in [0.717, 1.165) is 16.4 Å². The molecule has 2 rings (SSSR count). The molecule has 0 bridgehead atoms. The molecule has 112 valence electrons. The molecule has 2 heterocycles. The Labute approximate surface area is 128 Å². The highest BCUT2D eigenvalue weighted by Crippen LogP contribution is 2.18. The second kappa shape index (κ2) is 7.73. The molecular weight excluding hydrogens is 286 g/mol. The fraction of sp³-hybridized carbons (Fsp3) is 0.400. The van der Waals surface area contributed by atoms with Crippen molar-refractivity contribution >= 4 is 22.4 Å². The largest absolute Gasteiger partial charge is 0.466 e. The fourth-order valence-electron chi connectivity index (χ4n) is 1.82. The maximum atomic E-state index is 11.3. The van der Waals surface area contributed by atoms with E-state index in [4.69, 9.17) is 4.74 Å². The Morgan fingerprint density at radius 3 is 3.10 bits per heavy atom. The zero-order chi connectivity index (χ0) is 15.1. The molecule has 0 aliphatic carbocycles. The molecule has 0 aromatic carbocycles. The van der Waals surface area contributed by atoms with Crippen LogP contribution < -0.4 is 5.32 Å². The van der Waals surface area contributed by atoms with Gasteiger partial charge in [-0.1, -0.05) is 0 Å². The lowest BCUT2D eigenvalue weighted by Crippen LogP contribution is -2.05. The minimum Gasteiger partial charge on any atom is -0.466 e. The van der Waals surface area contributed by atoms with E-state index in [1.54, 1.807) is 17.5 Å². The third-order valence-corrected chi connectivity index (χ3v) is 3.87. The minimum absolute atomic E-state index is 0.175. The maximum Gasteiger partial charge on any atom is 0.306 e. The lowest BCUT2D eigenvalue weighted by atomic mass is 10.2. The number of aryl methyl sites for hydroxylation is 2. The molecule has 0 spiro atoms. The third-order valence-electron chi connectivity index (χ3n) is 3.02. The molecule has 0 aliphatic heterocycles. The van der Waals surface area contributed by atoms with Gasteiger partial charge in [-0.15, -0.1) is 11.3 Å². The summed E-state index contributed by atoms with van der Waals surface area (Å²) in [5.74, 6) is -0.175. The van der Waals surface area contributed by atoms with Crippen LogP contribution in [-0.4, -0.2) is 22.5 Å². The van der Waals surface area contributed by atoms with Gasteiger partial charge in [-0.2, -0.15) is 0 Å². The summed E-state index contributed by atoms with van der Waals surface area (Å²) in [6.07, 6.45) is 4.63. The molecule has 0 aliphatic rings. The molecule has 2 aromatic heterocycles. The van der Waals surface area contributed by atoms with Crippen molar-refractivity contribution in [3.05, 3.63) is 40.7 Å². The second-order valence-electron chi connectivity index (χ2n) is 4.60. The van der Waals surface area contributed by atoms with Crippen LogP contribution in [0.3, 0.4) is 0 Å². The Morgan fingerprint density at radius 1 is 1.48 bits per heavy atom. The van der Waals surface area contributed by atoms with Crippen molar-refractivity contribution in [1.29, 1.82) is 0 Å². The van der Waals surface area contributed by atoms with Crippen molar-refractivity contribution in [2.75, 3.05) is 11.9 Å². The van der Waals surface area contributed by atoms with Crippen LogP contribution in [0.4, 0.5) is 5.13 Å². The quantitative estimate of drug-likeness (QED) is 0.797. The number of hydrogen-bond donors (Lipinski definition) is 1. The highest BCUT2D eigenvalue weighted by atomic mass is 32.1. The van der Waals surface area contributed by atoms with Crippen molar-refractivity contribution in [2.24, 2.45) is 0 Å². The summed E-state index contributed by atoms with van der Waals surface area (Å²) in [7, 11) is 0. The maximum absolute atomic E-state index is 11.3. The van der Waals surface area contributed by atoms with E-state index in [9.17, 15) is 4.79 Å². The number of nitrogens with one attached hydrogen (secondary N) is 1. The number of aromatic nitrogens is 2. The SMILES string of the molecule is CCOC(=O)CCc1csc(NCc2cnccc2C)n1. The minimum atomic E-state index is -0.175. The van der Waals surface area contributed by atoms with E-state index in [0.29, 0.717) is 26.0 Å². The fourth-order valence-corrected chi connectivity index (χ4v) is 2.56. The molecule has 0 saturated heterocycles. The number of anilines is 1. The van der Waals surface area contributed by atoms with Crippen molar-refractivity contribution < 1.29 is 9.53 Å². The van der Waals surface area contributed by atoms with E-state index >= 15 is 0 Å². The highest BCUT2D eigenvalue weighted by molar-refractivity contribution is 7.13. The number of nitrogens with zero attached hydrogens (tertiary/aromatic N) is 2. The van der Waals surface area contributed by atoms with Crippen molar-refractivity contribution in [3.63, 3.8) is 0 Å². The molecule has 0 radical (unpaired) electrons. The van der Waals surface area contributed by atoms with E-state index in [2.05, 4.69) is 22.2 Å². The number of thiazole rings is 1. The van der Waals surface area contributed by atoms with Crippen LogP contribution in [0.5, 0.6) is 0 Å². The Bertz CT molecular complexity index is 598. The monoisotopic (exact) mass is 305 g/mol. The topological polar surface area (TPSA) is 64.1 Å². The average Bonchev–Trinajstić information content (AvgIpc) is 2.93. The summed E-state index contributed by atoms with van der Waals surface area (Å²) >= 11 is 1.54. The summed E-state index contributed by atoms with van der Waals surface area (Å²) < 4.78 is 4.90. The van der Waals surface area contributed by atoms with Crippen LogP contribution in [0.2, 0.25) is 0 Å². The van der Waals surface area contributed by atoms with E-state index in [-0.39, 0.29) is 5.97 Å². The van der Waals surface area contributed by atoms with Crippen LogP contribution in [0.25, 0.3) is 0 Å². The number of pyridine rings is 1. The first-order valence-electron chi connectivity index (χ1n) is 6.92. The molecule has 1 N–H and O–H groups in total. The Kier molecular flexibility index (Phi) is 5.68. The second-order valence-corrected chi connectivity index (χ2v) is 5.46. The predicted molar refractivity (Wildman–Crippen MR) is 83.4 cm³/mol. The molecule has 0 fully saturated rings. The number of hydrogen-bond acceptors (Lipinski definition) is 6. The molecule has 0 atom stereocenters. The predicted octanol–water partition coefficient (Wildman–Crippen LogP) is 2.95. The Balaban J connectivity index is 1.83. The van der Waals surface area contributed by atoms with Gasteiger partial charge in [0.05, 0.1) is 18.7 Å². The smallest absolute Gasteiger partial charge is 0.306 e. The molecule has 0 amide bonds. The third kappa shape index (κ3) is 4.82. The van der Waals surface area contributed by atoms with E-state index < -0.39 is 0 Å². The Hall–Kier alpha value is -1.95. The summed E-state index contributed by atoms with van der Waals surface area (Å²) in [4.78, 5) is 19.9. The van der Waals surface area contributed by atoms with Gasteiger partial charge in [-0.25, -0.2) is 4.98 Å². The summed E-state index contributed by atoms with van der Waals surface area (Å²) in [5.41, 5.74) is 3.27. The van der Waals surface area contributed by atoms with Gasteiger partial charge in [0.25, 0.3) is 0 Å². The van der Waals surface area contributed by atoms with Crippen molar-refractivity contribution in [2.45, 2.75) is 33.2 Å². The summed E-state index contributed by atoms with van der Waals surface area (Å²) in [6, 6.07) is 1.99. The average molecular weight is 305 g/mol. The van der Waals surface area contributed by atoms with Gasteiger partial charge >= 0.3 is 5.97 Å². The standard InChI is InChI=1S/C15H19N3O2S/c1-3-20-14(19)5-4-13-10-21-15(18-13)17-9-12-8-16-7-6-11(12)2/h6-8,10H,3-5,9H2,1-2H3,(H,17,18). The molecule has 2 aromatic rings. The zero-order valence-corrected chi connectivity index (χ0v) is 13.1. The van der Waals surface area contributed by atoms with Crippen molar-refractivity contribution in [3.8, 4) is 0 Å². The van der Waals surface area contributed by atoms with Crippen LogP contribution in [0, 0.1) is 6.92 Å². The summed E-state index contributed by atoms with van der Waals surface area (Å²) in [6.45, 7) is 4.99. The van der Waals surface area contributed by atoms with Gasteiger partial charge in [0.15, 0.2) is 5.13 Å². The Morgan fingerprint density at radius 2 is 2.33 bits per heavy atom. The van der Waals surface area contributed by atoms with Crippen LogP contribution in [0.1, 0.15) is 30.2 Å². The molecule has 6 heteroatoms. The van der Waals surface area contributed by atoms with Gasteiger partial charge in [0.2, 0.25) is 0 Å². The molecule has 0 unspecified atom stereocenters. The molecule has 5 nitrogen and oxygen atoms in total. The number of rotatable bonds is 7. The van der Waals surface area contributed by atoms with E-state index in [1.165, 1.54) is 5.56 Å². The molecule has 21 heavy (non-hydrogen) atoms. The lowest BCUT2D eigenvalue weighted by Gasteiger charge is -2.05. The van der Waals surface area contributed by atoms with Gasteiger partial charge in [0.1, 0.15) is 0 Å². The first-order valence-corrected chi connectivity index (χ1v) is 7.80. The van der Waals surface area contributed by atoms with Crippen LogP contribution in [0.15, 0.2) is 23.8 Å². The number of carbonyl (C=O) groups is 1. The van der Waals surface area contributed by atoms with Gasteiger partial charge in [-0.3, -0.25) is 9.78 Å². The van der Waals surface area contributed by atoms with E-state index in [1.807, 2.05) is 24.6 Å². The first-order chi connectivity index (χ1) is 10.2. The van der Waals surface area contributed by atoms with Crippen LogP contribution >= 0.6 is 11.3 Å². The van der Waals surface area contributed by atoms with Crippen molar-refractivity contribution in [1.82, 2.24) is 9.97 Å².